The maximum atomic E-state index is 11.9. The third kappa shape index (κ3) is 27.9. The van der Waals surface area contributed by atoms with Crippen molar-refractivity contribution < 1.29 is 9.59 Å². The molecule has 0 unspecified atom stereocenters. The number of carbonyl (C=O) groups excluding carboxylic acids is 2. The Labute approximate surface area is 220 Å². The minimum Gasteiger partial charge on any atom is -0.290 e. The number of hydrogen-bond donors (Lipinski definition) is 2. The van der Waals surface area contributed by atoms with Crippen LogP contribution in [0.3, 0.4) is 0 Å². The van der Waals surface area contributed by atoms with Crippen molar-refractivity contribution in [3.63, 3.8) is 0 Å². The van der Waals surface area contributed by atoms with Crippen LogP contribution in [0.1, 0.15) is 168 Å². The van der Waals surface area contributed by atoms with E-state index in [1.807, 2.05) is 0 Å². The van der Waals surface area contributed by atoms with Crippen LogP contribution in [0.2, 0.25) is 0 Å². The van der Waals surface area contributed by atoms with E-state index in [9.17, 15) is 9.59 Å². The van der Waals surface area contributed by atoms with Crippen LogP contribution >= 0.6 is 22.0 Å². The van der Waals surface area contributed by atoms with Crippen molar-refractivity contribution in [1.29, 1.82) is 0 Å². The summed E-state index contributed by atoms with van der Waals surface area (Å²) in [5, 5.41) is 0. The first kappa shape index (κ1) is 33.6. The monoisotopic (exact) mass is 516 g/mol. The highest BCUT2D eigenvalue weighted by Gasteiger charge is 2.04. The highest BCUT2D eigenvalue weighted by atomic mass is 33.1. The maximum absolute atomic E-state index is 11.9. The van der Waals surface area contributed by atoms with Crippen molar-refractivity contribution in [2.45, 2.75) is 168 Å². The lowest BCUT2D eigenvalue weighted by molar-refractivity contribution is -0.120. The average molecular weight is 517 g/mol. The molecule has 0 aliphatic heterocycles. The molecule has 202 valence electrons. The first-order chi connectivity index (χ1) is 16.7. The zero-order valence-electron chi connectivity index (χ0n) is 22.6. The second kappa shape index (κ2) is 28.9. The van der Waals surface area contributed by atoms with E-state index >= 15 is 0 Å². The second-order valence-corrected chi connectivity index (χ2v) is 11.5. The summed E-state index contributed by atoms with van der Waals surface area (Å²) in [7, 11) is 2.43. The van der Waals surface area contributed by atoms with E-state index in [1.165, 1.54) is 138 Å². The van der Waals surface area contributed by atoms with E-state index in [-0.39, 0.29) is 11.8 Å². The Balaban J connectivity index is 3.28. The molecule has 34 heavy (non-hydrogen) atoms. The molecular formula is C28H56N2O2S2. The molecule has 6 heteroatoms. The standard InChI is InChI=1S/C28H56N2O2S2/c1-3-5-7-9-11-13-15-17-19-21-23-25-27(31)29-33-34-30-28(32)26-24-22-20-18-16-14-12-10-8-6-4-2/h3-26H2,1-2H3,(H,29,31)(H,30,32). The summed E-state index contributed by atoms with van der Waals surface area (Å²) < 4.78 is 5.62. The van der Waals surface area contributed by atoms with Gasteiger partial charge in [-0.25, -0.2) is 0 Å². The van der Waals surface area contributed by atoms with Crippen molar-refractivity contribution in [2.75, 3.05) is 0 Å². The molecule has 2 amide bonds. The summed E-state index contributed by atoms with van der Waals surface area (Å²) in [6.07, 6.45) is 29.5. The highest BCUT2D eigenvalue weighted by molar-refractivity contribution is 8.75. The highest BCUT2D eigenvalue weighted by Crippen LogP contribution is 2.16. The lowest BCUT2D eigenvalue weighted by atomic mass is 10.1. The summed E-state index contributed by atoms with van der Waals surface area (Å²) >= 11 is 0. The van der Waals surface area contributed by atoms with Crippen molar-refractivity contribution in [2.24, 2.45) is 0 Å². The fourth-order valence-corrected chi connectivity index (χ4v) is 5.42. The van der Waals surface area contributed by atoms with Gasteiger partial charge in [-0.1, -0.05) is 142 Å². The zero-order chi connectivity index (χ0) is 25.0. The molecule has 0 saturated heterocycles. The van der Waals surface area contributed by atoms with E-state index in [0.717, 1.165) is 25.7 Å². The lowest BCUT2D eigenvalue weighted by Gasteiger charge is -2.06. The molecule has 0 atom stereocenters. The van der Waals surface area contributed by atoms with Crippen LogP contribution in [-0.4, -0.2) is 11.8 Å². The Bertz CT molecular complexity index is 410. The van der Waals surface area contributed by atoms with E-state index in [0.29, 0.717) is 12.8 Å². The zero-order valence-corrected chi connectivity index (χ0v) is 24.2. The molecule has 0 fully saturated rings. The number of rotatable bonds is 27. The van der Waals surface area contributed by atoms with Gasteiger partial charge in [0, 0.05) is 34.8 Å². The van der Waals surface area contributed by atoms with Gasteiger partial charge >= 0.3 is 0 Å². The maximum Gasteiger partial charge on any atom is 0.230 e. The first-order valence-corrected chi connectivity index (χ1v) is 16.8. The van der Waals surface area contributed by atoms with Crippen LogP contribution in [0.15, 0.2) is 0 Å². The molecule has 4 nitrogen and oxygen atoms in total. The van der Waals surface area contributed by atoms with Crippen molar-refractivity contribution >= 4 is 33.8 Å². The van der Waals surface area contributed by atoms with Crippen LogP contribution in [0, 0.1) is 0 Å². The molecule has 0 aromatic rings. The number of amides is 2. The number of unbranched alkanes of at least 4 members (excludes halogenated alkanes) is 20. The Morgan fingerprint density at radius 2 is 0.647 bits per heavy atom. The Kier molecular flexibility index (Phi) is 28.6. The summed E-state index contributed by atoms with van der Waals surface area (Å²) in [5.74, 6) is 0.126. The fourth-order valence-electron chi connectivity index (χ4n) is 4.14. The molecule has 0 saturated carbocycles. The van der Waals surface area contributed by atoms with Gasteiger partial charge in [-0.05, 0) is 12.8 Å². The summed E-state index contributed by atoms with van der Waals surface area (Å²) in [5.41, 5.74) is 0. The van der Waals surface area contributed by atoms with Gasteiger partial charge in [0.25, 0.3) is 0 Å². The molecule has 0 bridgehead atoms. The average Bonchev–Trinajstić information content (AvgIpc) is 2.83. The van der Waals surface area contributed by atoms with E-state index in [4.69, 9.17) is 0 Å². The SMILES string of the molecule is CCCCCCCCCCCCCC(=O)NSSNC(=O)CCCCCCCCCCCCC. The van der Waals surface area contributed by atoms with Crippen LogP contribution in [0.25, 0.3) is 0 Å². The Morgan fingerprint density at radius 3 is 0.912 bits per heavy atom. The summed E-state index contributed by atoms with van der Waals surface area (Å²) in [6.45, 7) is 4.52. The van der Waals surface area contributed by atoms with E-state index in [1.54, 1.807) is 0 Å². The van der Waals surface area contributed by atoms with Gasteiger partial charge in [-0.15, -0.1) is 0 Å². The molecule has 2 N–H and O–H groups in total. The third-order valence-electron chi connectivity index (χ3n) is 6.37. The third-order valence-corrected chi connectivity index (χ3v) is 7.82. The van der Waals surface area contributed by atoms with Crippen LogP contribution < -0.4 is 9.44 Å². The molecular weight excluding hydrogens is 460 g/mol. The second-order valence-electron chi connectivity index (χ2n) is 9.79. The number of hydrogen-bond acceptors (Lipinski definition) is 4. The van der Waals surface area contributed by atoms with Crippen LogP contribution in [0.5, 0.6) is 0 Å². The van der Waals surface area contributed by atoms with Gasteiger partial charge in [-0.3, -0.25) is 19.0 Å². The van der Waals surface area contributed by atoms with Gasteiger partial charge in [0.15, 0.2) is 0 Å². The smallest absolute Gasteiger partial charge is 0.230 e. The minimum atomic E-state index is 0.0630. The predicted molar refractivity (Wildman–Crippen MR) is 154 cm³/mol. The Morgan fingerprint density at radius 1 is 0.412 bits per heavy atom. The van der Waals surface area contributed by atoms with Crippen LogP contribution in [-0.2, 0) is 9.59 Å². The van der Waals surface area contributed by atoms with Gasteiger partial charge in [-0.2, -0.15) is 0 Å². The first-order valence-electron chi connectivity index (χ1n) is 14.6. The summed E-state index contributed by atoms with van der Waals surface area (Å²) in [6, 6.07) is 0. The molecule has 0 rings (SSSR count). The van der Waals surface area contributed by atoms with Gasteiger partial charge in [0.05, 0.1) is 0 Å². The molecule has 0 aromatic carbocycles. The quantitative estimate of drug-likeness (QED) is 0.0648. The number of nitrogens with one attached hydrogen (secondary N) is 2. The molecule has 0 aliphatic rings. The normalized spacial score (nSPS) is 11.0. The van der Waals surface area contributed by atoms with Gasteiger partial charge < -0.3 is 0 Å². The summed E-state index contributed by atoms with van der Waals surface area (Å²) in [4.78, 5) is 23.7. The fraction of sp³-hybridized carbons (Fsp3) is 0.929. The van der Waals surface area contributed by atoms with Crippen molar-refractivity contribution in [1.82, 2.24) is 9.44 Å². The van der Waals surface area contributed by atoms with E-state index in [2.05, 4.69) is 23.3 Å². The lowest BCUT2D eigenvalue weighted by Crippen LogP contribution is -2.18. The van der Waals surface area contributed by atoms with Crippen molar-refractivity contribution in [3.8, 4) is 0 Å². The topological polar surface area (TPSA) is 58.2 Å². The van der Waals surface area contributed by atoms with E-state index < -0.39 is 0 Å². The van der Waals surface area contributed by atoms with Gasteiger partial charge in [0.1, 0.15) is 0 Å². The molecule has 0 spiro atoms. The molecule has 0 aliphatic carbocycles. The predicted octanol–water partition coefficient (Wildman–Crippen LogP) is 9.83. The number of carbonyl (C=O) groups is 2. The molecule has 0 heterocycles. The minimum absolute atomic E-state index is 0.0630. The Hall–Kier alpha value is -0.360. The largest absolute Gasteiger partial charge is 0.290 e. The van der Waals surface area contributed by atoms with Gasteiger partial charge in [0.2, 0.25) is 11.8 Å². The van der Waals surface area contributed by atoms with Crippen molar-refractivity contribution in [3.05, 3.63) is 0 Å². The molecule has 0 aromatic heterocycles. The van der Waals surface area contributed by atoms with Crippen LogP contribution in [0.4, 0.5) is 0 Å². The molecule has 0 radical (unpaired) electrons.